The molecular formula is C13H15Br2NO3. The molecule has 0 aromatic heterocycles. The van der Waals surface area contributed by atoms with Crippen molar-refractivity contribution >= 4 is 43.7 Å². The van der Waals surface area contributed by atoms with Gasteiger partial charge in [-0.15, -0.1) is 0 Å². The second-order valence-corrected chi connectivity index (χ2v) is 6.07. The lowest BCUT2D eigenvalue weighted by atomic mass is 9.99. The molecule has 1 amide bonds. The summed E-state index contributed by atoms with van der Waals surface area (Å²) in [6, 6.07) is 4.24. The SMILES string of the molecule is CC[C@H](C)[C@H](NC(=O)c1ccc(Br)cc1Br)C(=O)O. The van der Waals surface area contributed by atoms with Gasteiger partial charge >= 0.3 is 5.97 Å². The molecule has 19 heavy (non-hydrogen) atoms. The van der Waals surface area contributed by atoms with Crippen molar-refractivity contribution in [1.82, 2.24) is 5.32 Å². The van der Waals surface area contributed by atoms with Crippen LogP contribution in [0.5, 0.6) is 0 Å². The molecule has 0 fully saturated rings. The molecule has 2 atom stereocenters. The first-order valence-electron chi connectivity index (χ1n) is 5.85. The Morgan fingerprint density at radius 3 is 2.47 bits per heavy atom. The predicted molar refractivity (Wildman–Crippen MR) is 80.2 cm³/mol. The lowest BCUT2D eigenvalue weighted by Crippen LogP contribution is -2.45. The van der Waals surface area contributed by atoms with Crippen LogP contribution in [-0.4, -0.2) is 23.0 Å². The van der Waals surface area contributed by atoms with Crippen LogP contribution < -0.4 is 5.32 Å². The van der Waals surface area contributed by atoms with E-state index in [4.69, 9.17) is 5.11 Å². The number of carboxylic acid groups (broad SMARTS) is 1. The zero-order valence-corrected chi connectivity index (χ0v) is 13.8. The highest BCUT2D eigenvalue weighted by atomic mass is 79.9. The van der Waals surface area contributed by atoms with Crippen molar-refractivity contribution in [2.45, 2.75) is 26.3 Å². The fourth-order valence-electron chi connectivity index (χ4n) is 1.58. The summed E-state index contributed by atoms with van der Waals surface area (Å²) in [4.78, 5) is 23.3. The van der Waals surface area contributed by atoms with E-state index in [1.807, 2.05) is 6.92 Å². The number of nitrogens with one attached hydrogen (secondary N) is 1. The minimum atomic E-state index is -1.02. The number of carbonyl (C=O) groups is 2. The van der Waals surface area contributed by atoms with E-state index < -0.39 is 17.9 Å². The summed E-state index contributed by atoms with van der Waals surface area (Å²) in [5.74, 6) is -1.54. The Hall–Kier alpha value is -0.880. The van der Waals surface area contributed by atoms with Crippen molar-refractivity contribution in [2.75, 3.05) is 0 Å². The van der Waals surface area contributed by atoms with Gasteiger partial charge in [0.2, 0.25) is 0 Å². The largest absolute Gasteiger partial charge is 0.480 e. The van der Waals surface area contributed by atoms with Crippen LogP contribution in [0.1, 0.15) is 30.6 Å². The van der Waals surface area contributed by atoms with Crippen LogP contribution in [0, 0.1) is 5.92 Å². The smallest absolute Gasteiger partial charge is 0.326 e. The maximum absolute atomic E-state index is 12.1. The van der Waals surface area contributed by atoms with Crippen molar-refractivity contribution in [2.24, 2.45) is 5.92 Å². The van der Waals surface area contributed by atoms with Crippen molar-refractivity contribution < 1.29 is 14.7 Å². The standard InChI is InChI=1S/C13H15Br2NO3/c1-3-7(2)11(13(18)19)16-12(17)9-5-4-8(14)6-10(9)15/h4-7,11H,3H2,1-2H3,(H,16,17)(H,18,19)/t7-,11-/m0/s1. The number of hydrogen-bond acceptors (Lipinski definition) is 2. The van der Waals surface area contributed by atoms with Crippen LogP contribution in [0.25, 0.3) is 0 Å². The molecule has 1 rings (SSSR count). The first-order chi connectivity index (χ1) is 8.86. The first kappa shape index (κ1) is 16.2. The summed E-state index contributed by atoms with van der Waals surface area (Å²) < 4.78 is 1.46. The van der Waals surface area contributed by atoms with Gasteiger partial charge in [0.05, 0.1) is 5.56 Å². The third kappa shape index (κ3) is 4.31. The molecule has 1 aromatic carbocycles. The topological polar surface area (TPSA) is 66.4 Å². The van der Waals surface area contributed by atoms with Crippen LogP contribution in [0.4, 0.5) is 0 Å². The molecule has 0 aliphatic heterocycles. The lowest BCUT2D eigenvalue weighted by molar-refractivity contribution is -0.140. The highest BCUT2D eigenvalue weighted by Crippen LogP contribution is 2.22. The highest BCUT2D eigenvalue weighted by molar-refractivity contribution is 9.11. The van der Waals surface area contributed by atoms with Gasteiger partial charge in [-0.2, -0.15) is 0 Å². The van der Waals surface area contributed by atoms with Crippen LogP contribution in [-0.2, 0) is 4.79 Å². The molecule has 0 aliphatic carbocycles. The quantitative estimate of drug-likeness (QED) is 0.806. The van der Waals surface area contributed by atoms with Gasteiger partial charge in [-0.3, -0.25) is 4.79 Å². The minimum Gasteiger partial charge on any atom is -0.480 e. The normalized spacial score (nSPS) is 13.7. The van der Waals surface area contributed by atoms with Gasteiger partial charge in [-0.1, -0.05) is 36.2 Å². The second-order valence-electron chi connectivity index (χ2n) is 4.30. The number of halogens is 2. The minimum absolute atomic E-state index is 0.129. The molecule has 1 aromatic rings. The number of hydrogen-bond donors (Lipinski definition) is 2. The van der Waals surface area contributed by atoms with E-state index in [2.05, 4.69) is 37.2 Å². The van der Waals surface area contributed by atoms with Crippen LogP contribution in [0.3, 0.4) is 0 Å². The Labute approximate surface area is 128 Å². The van der Waals surface area contributed by atoms with E-state index in [0.717, 1.165) is 4.47 Å². The molecule has 0 saturated heterocycles. The maximum atomic E-state index is 12.1. The Morgan fingerprint density at radius 2 is 2.00 bits per heavy atom. The molecule has 2 N–H and O–H groups in total. The lowest BCUT2D eigenvalue weighted by Gasteiger charge is -2.20. The summed E-state index contributed by atoms with van der Waals surface area (Å²) in [5, 5.41) is 11.7. The summed E-state index contributed by atoms with van der Waals surface area (Å²) in [6.07, 6.45) is 0.679. The van der Waals surface area contributed by atoms with Crippen LogP contribution in [0.2, 0.25) is 0 Å². The fraction of sp³-hybridized carbons (Fsp3) is 0.385. The number of carbonyl (C=O) groups excluding carboxylic acids is 1. The third-order valence-corrected chi connectivity index (χ3v) is 4.09. The second kappa shape index (κ2) is 7.05. The van der Waals surface area contributed by atoms with E-state index in [1.54, 1.807) is 25.1 Å². The number of amides is 1. The van der Waals surface area contributed by atoms with E-state index in [-0.39, 0.29) is 5.92 Å². The van der Waals surface area contributed by atoms with Gasteiger partial charge in [0.15, 0.2) is 0 Å². The summed E-state index contributed by atoms with van der Waals surface area (Å²) in [6.45, 7) is 3.69. The molecule has 0 saturated carbocycles. The Balaban J connectivity index is 2.91. The van der Waals surface area contributed by atoms with Gasteiger partial charge in [0, 0.05) is 8.95 Å². The van der Waals surface area contributed by atoms with Crippen molar-refractivity contribution in [3.8, 4) is 0 Å². The predicted octanol–water partition coefficient (Wildman–Crippen LogP) is 3.44. The van der Waals surface area contributed by atoms with Crippen molar-refractivity contribution in [1.29, 1.82) is 0 Å². The Morgan fingerprint density at radius 1 is 1.37 bits per heavy atom. The van der Waals surface area contributed by atoms with Crippen LogP contribution >= 0.6 is 31.9 Å². The number of aliphatic carboxylic acids is 1. The average Bonchev–Trinajstić information content (AvgIpc) is 2.34. The maximum Gasteiger partial charge on any atom is 0.326 e. The van der Waals surface area contributed by atoms with Crippen LogP contribution in [0.15, 0.2) is 27.1 Å². The van der Waals surface area contributed by atoms with Gasteiger partial charge in [-0.25, -0.2) is 4.79 Å². The molecule has 0 spiro atoms. The van der Waals surface area contributed by atoms with Crippen molar-refractivity contribution in [3.63, 3.8) is 0 Å². The molecule has 4 nitrogen and oxygen atoms in total. The monoisotopic (exact) mass is 391 g/mol. The number of benzene rings is 1. The zero-order chi connectivity index (χ0) is 14.6. The molecule has 0 radical (unpaired) electrons. The first-order valence-corrected chi connectivity index (χ1v) is 7.44. The Kier molecular flexibility index (Phi) is 6.00. The fourth-order valence-corrected chi connectivity index (χ4v) is 2.80. The zero-order valence-electron chi connectivity index (χ0n) is 10.6. The van der Waals surface area contributed by atoms with E-state index in [0.29, 0.717) is 16.5 Å². The molecule has 0 aliphatic rings. The summed E-state index contributed by atoms with van der Waals surface area (Å²) >= 11 is 6.59. The van der Waals surface area contributed by atoms with Gasteiger partial charge < -0.3 is 10.4 Å². The van der Waals surface area contributed by atoms with E-state index >= 15 is 0 Å². The molecule has 0 unspecified atom stereocenters. The van der Waals surface area contributed by atoms with E-state index in [9.17, 15) is 9.59 Å². The highest BCUT2D eigenvalue weighted by Gasteiger charge is 2.26. The van der Waals surface area contributed by atoms with E-state index in [1.165, 1.54) is 0 Å². The summed E-state index contributed by atoms with van der Waals surface area (Å²) in [7, 11) is 0. The number of carboxylic acids is 1. The molecular weight excluding hydrogens is 378 g/mol. The van der Waals surface area contributed by atoms with Gasteiger partial charge in [-0.05, 0) is 40.0 Å². The molecule has 0 heterocycles. The van der Waals surface area contributed by atoms with Gasteiger partial charge in [0.25, 0.3) is 5.91 Å². The van der Waals surface area contributed by atoms with Gasteiger partial charge in [0.1, 0.15) is 6.04 Å². The number of rotatable bonds is 5. The molecule has 0 bridgehead atoms. The Bertz CT molecular complexity index is 491. The summed E-state index contributed by atoms with van der Waals surface area (Å²) in [5.41, 5.74) is 0.415. The average molecular weight is 393 g/mol. The molecule has 104 valence electrons. The molecule has 6 heteroatoms. The third-order valence-electron chi connectivity index (χ3n) is 2.94. The van der Waals surface area contributed by atoms with Crippen molar-refractivity contribution in [3.05, 3.63) is 32.7 Å².